The Labute approximate surface area is 152 Å². The first-order chi connectivity index (χ1) is 11.6. The highest BCUT2D eigenvalue weighted by Gasteiger charge is 2.38. The van der Waals surface area contributed by atoms with Crippen molar-refractivity contribution in [2.45, 2.75) is 42.5 Å². The molecular formula is C16H21ClN2O5S. The average Bonchev–Trinajstić information content (AvgIpc) is 2.94. The van der Waals surface area contributed by atoms with Crippen molar-refractivity contribution >= 4 is 33.5 Å². The third-order valence-electron chi connectivity index (χ3n) is 4.34. The van der Waals surface area contributed by atoms with Gasteiger partial charge in [0.1, 0.15) is 0 Å². The van der Waals surface area contributed by atoms with Crippen LogP contribution in [0.3, 0.4) is 0 Å². The van der Waals surface area contributed by atoms with Gasteiger partial charge in [-0.15, -0.1) is 0 Å². The molecule has 0 radical (unpaired) electrons. The summed E-state index contributed by atoms with van der Waals surface area (Å²) in [6, 6.07) is 5.66. The smallest absolute Gasteiger partial charge is 0.305 e. The largest absolute Gasteiger partial charge is 0.481 e. The Morgan fingerprint density at radius 3 is 2.32 bits per heavy atom. The second-order valence-corrected chi connectivity index (χ2v) is 8.80. The van der Waals surface area contributed by atoms with Crippen molar-refractivity contribution in [1.29, 1.82) is 0 Å². The number of hydrogen-bond acceptors (Lipinski definition) is 4. The topological polar surface area (TPSA) is 104 Å². The molecule has 0 unspecified atom stereocenters. The molecule has 0 aromatic heterocycles. The van der Waals surface area contributed by atoms with E-state index in [1.165, 1.54) is 31.3 Å². The fourth-order valence-corrected chi connectivity index (χ4v) is 4.35. The second kappa shape index (κ2) is 7.72. The van der Waals surface area contributed by atoms with Crippen LogP contribution in [0.5, 0.6) is 0 Å². The maximum atomic E-state index is 12.5. The maximum absolute atomic E-state index is 12.5. The van der Waals surface area contributed by atoms with Crippen LogP contribution in [-0.2, 0) is 19.6 Å². The summed E-state index contributed by atoms with van der Waals surface area (Å²) in [5, 5.41) is 12.2. The van der Waals surface area contributed by atoms with E-state index < -0.39 is 27.4 Å². The Morgan fingerprint density at radius 1 is 1.24 bits per heavy atom. The number of rotatable bonds is 7. The lowest BCUT2D eigenvalue weighted by atomic mass is 9.93. The molecule has 1 fully saturated rings. The number of aliphatic carboxylic acids is 1. The van der Waals surface area contributed by atoms with Crippen LogP contribution in [0.25, 0.3) is 0 Å². The lowest BCUT2D eigenvalue weighted by molar-refractivity contribution is -0.139. The van der Waals surface area contributed by atoms with Crippen LogP contribution >= 0.6 is 11.6 Å². The summed E-state index contributed by atoms with van der Waals surface area (Å²) >= 11 is 5.76. The second-order valence-electron chi connectivity index (χ2n) is 6.32. The molecule has 1 saturated carbocycles. The average molecular weight is 389 g/mol. The predicted octanol–water partition coefficient (Wildman–Crippen LogP) is 1.86. The molecule has 2 rings (SSSR count). The van der Waals surface area contributed by atoms with Crippen LogP contribution in [0, 0.1) is 0 Å². The van der Waals surface area contributed by atoms with Gasteiger partial charge >= 0.3 is 5.97 Å². The first kappa shape index (κ1) is 19.7. The number of nitrogens with zero attached hydrogens (tertiary/aromatic N) is 1. The van der Waals surface area contributed by atoms with Gasteiger partial charge < -0.3 is 10.4 Å². The third-order valence-corrected chi connectivity index (χ3v) is 6.41. The highest BCUT2D eigenvalue weighted by Crippen LogP contribution is 2.32. The minimum Gasteiger partial charge on any atom is -0.481 e. The van der Waals surface area contributed by atoms with Gasteiger partial charge in [0.05, 0.1) is 23.4 Å². The molecule has 0 spiro atoms. The lowest BCUT2D eigenvalue weighted by Gasteiger charge is -2.29. The molecule has 9 heteroatoms. The number of likely N-dealkylation sites (N-methyl/N-ethyl adjacent to an activating group) is 1. The van der Waals surface area contributed by atoms with Crippen molar-refractivity contribution in [1.82, 2.24) is 9.62 Å². The molecule has 1 aromatic carbocycles. The number of hydrogen-bond donors (Lipinski definition) is 2. The van der Waals surface area contributed by atoms with E-state index in [1.807, 2.05) is 0 Å². The molecule has 0 bridgehead atoms. The van der Waals surface area contributed by atoms with Crippen molar-refractivity contribution < 1.29 is 23.1 Å². The molecule has 25 heavy (non-hydrogen) atoms. The van der Waals surface area contributed by atoms with E-state index in [2.05, 4.69) is 5.32 Å². The summed E-state index contributed by atoms with van der Waals surface area (Å²) in [5.74, 6) is -1.49. The van der Waals surface area contributed by atoms with Crippen LogP contribution in [-0.4, -0.2) is 48.8 Å². The van der Waals surface area contributed by atoms with E-state index in [1.54, 1.807) is 0 Å². The zero-order chi connectivity index (χ0) is 18.7. The summed E-state index contributed by atoms with van der Waals surface area (Å²) in [7, 11) is -2.52. The minimum absolute atomic E-state index is 0.0355. The molecule has 138 valence electrons. The van der Waals surface area contributed by atoms with Crippen molar-refractivity contribution in [2.24, 2.45) is 0 Å². The van der Waals surface area contributed by atoms with Crippen molar-refractivity contribution in [2.75, 3.05) is 13.6 Å². The van der Waals surface area contributed by atoms with Gasteiger partial charge in [-0.3, -0.25) is 9.59 Å². The molecule has 1 aliphatic rings. The van der Waals surface area contributed by atoms with E-state index in [9.17, 15) is 18.0 Å². The van der Waals surface area contributed by atoms with E-state index >= 15 is 0 Å². The minimum atomic E-state index is -3.83. The molecule has 0 heterocycles. The number of carbonyl (C=O) groups excluding carboxylic acids is 1. The standard InChI is InChI=1S/C16H21ClN2O5S/c1-19(25(23,24)13-6-4-12(17)5-7-13)11-14(20)18-16(10-15(21)22)8-2-3-9-16/h4-7H,2-3,8-11H2,1H3,(H,18,20)(H,21,22). The molecule has 0 aliphatic heterocycles. The van der Waals surface area contributed by atoms with E-state index in [-0.39, 0.29) is 17.9 Å². The molecule has 1 amide bonds. The molecule has 0 atom stereocenters. The molecule has 2 N–H and O–H groups in total. The van der Waals surface area contributed by atoms with Gasteiger partial charge in [0.25, 0.3) is 0 Å². The van der Waals surface area contributed by atoms with Gasteiger partial charge in [0.15, 0.2) is 0 Å². The molecule has 7 nitrogen and oxygen atoms in total. The fourth-order valence-electron chi connectivity index (χ4n) is 3.10. The molecular weight excluding hydrogens is 368 g/mol. The summed E-state index contributed by atoms with van der Waals surface area (Å²) in [6.07, 6.45) is 2.68. The van der Waals surface area contributed by atoms with E-state index in [4.69, 9.17) is 16.7 Å². The Bertz CT molecular complexity index is 742. The molecule has 1 aromatic rings. The lowest BCUT2D eigenvalue weighted by Crippen LogP contribution is -2.51. The number of halogens is 1. The van der Waals surface area contributed by atoms with E-state index in [0.29, 0.717) is 17.9 Å². The molecule has 0 saturated heterocycles. The monoisotopic (exact) mass is 388 g/mol. The van der Waals surface area contributed by atoms with Crippen LogP contribution in [0.4, 0.5) is 0 Å². The van der Waals surface area contributed by atoms with Crippen LogP contribution in [0.15, 0.2) is 29.2 Å². The van der Waals surface area contributed by atoms with Crippen molar-refractivity contribution in [3.05, 3.63) is 29.3 Å². The first-order valence-electron chi connectivity index (χ1n) is 7.89. The number of benzene rings is 1. The van der Waals surface area contributed by atoms with Gasteiger partial charge in [0.2, 0.25) is 15.9 Å². The third kappa shape index (κ3) is 4.93. The van der Waals surface area contributed by atoms with Gasteiger partial charge in [-0.1, -0.05) is 24.4 Å². The molecule has 1 aliphatic carbocycles. The highest BCUT2D eigenvalue weighted by molar-refractivity contribution is 7.89. The van der Waals surface area contributed by atoms with Crippen LogP contribution < -0.4 is 5.32 Å². The normalized spacial score (nSPS) is 16.8. The van der Waals surface area contributed by atoms with Crippen molar-refractivity contribution in [3.63, 3.8) is 0 Å². The Hall–Kier alpha value is -1.64. The predicted molar refractivity (Wildman–Crippen MR) is 92.9 cm³/mol. The number of carbonyl (C=O) groups is 2. The number of carboxylic acids is 1. The summed E-state index contributed by atoms with van der Waals surface area (Å²) in [5.41, 5.74) is -0.784. The zero-order valence-corrected chi connectivity index (χ0v) is 15.4. The summed E-state index contributed by atoms with van der Waals surface area (Å²) < 4.78 is 25.9. The highest BCUT2D eigenvalue weighted by atomic mass is 35.5. The number of amides is 1. The summed E-state index contributed by atoms with van der Waals surface area (Å²) in [6.45, 7) is -0.383. The van der Waals surface area contributed by atoms with Gasteiger partial charge in [0, 0.05) is 12.1 Å². The van der Waals surface area contributed by atoms with Crippen LogP contribution in [0.1, 0.15) is 32.1 Å². The number of nitrogens with one attached hydrogen (secondary N) is 1. The Kier molecular flexibility index (Phi) is 6.08. The first-order valence-corrected chi connectivity index (χ1v) is 9.71. The van der Waals surface area contributed by atoms with Gasteiger partial charge in [-0.05, 0) is 37.1 Å². The fraction of sp³-hybridized carbons (Fsp3) is 0.500. The van der Waals surface area contributed by atoms with Crippen molar-refractivity contribution in [3.8, 4) is 0 Å². The van der Waals surface area contributed by atoms with E-state index in [0.717, 1.165) is 17.1 Å². The Morgan fingerprint density at radius 2 is 1.80 bits per heavy atom. The number of sulfonamides is 1. The SMILES string of the molecule is CN(CC(=O)NC1(CC(=O)O)CCCC1)S(=O)(=O)c1ccc(Cl)cc1. The van der Waals surface area contributed by atoms with Crippen LogP contribution in [0.2, 0.25) is 5.02 Å². The Balaban J connectivity index is 2.06. The number of carboxylic acid groups (broad SMARTS) is 1. The van der Waals surface area contributed by atoms with Gasteiger partial charge in [-0.2, -0.15) is 4.31 Å². The van der Waals surface area contributed by atoms with Gasteiger partial charge in [-0.25, -0.2) is 8.42 Å². The maximum Gasteiger partial charge on any atom is 0.305 e. The quantitative estimate of drug-likeness (QED) is 0.742. The zero-order valence-electron chi connectivity index (χ0n) is 13.9. The summed E-state index contributed by atoms with van der Waals surface area (Å²) in [4.78, 5) is 23.4.